The molecule has 118 valence electrons. The molecule has 0 saturated heterocycles. The van der Waals surface area contributed by atoms with Gasteiger partial charge in [-0.05, 0) is 56.4 Å². The van der Waals surface area contributed by atoms with Gasteiger partial charge in [0.25, 0.3) is 0 Å². The van der Waals surface area contributed by atoms with Crippen LogP contribution < -0.4 is 5.73 Å². The zero-order valence-corrected chi connectivity index (χ0v) is 13.7. The van der Waals surface area contributed by atoms with Crippen LogP contribution in [0.5, 0.6) is 0 Å². The largest absolute Gasteiger partial charge is 0.399 e. The van der Waals surface area contributed by atoms with Crippen LogP contribution in [0.3, 0.4) is 0 Å². The fourth-order valence-corrected chi connectivity index (χ4v) is 4.41. The van der Waals surface area contributed by atoms with Crippen molar-refractivity contribution in [1.82, 2.24) is 4.31 Å². The van der Waals surface area contributed by atoms with Crippen molar-refractivity contribution in [3.8, 4) is 0 Å². The Morgan fingerprint density at radius 2 is 2.05 bits per heavy atom. The molecule has 1 saturated carbocycles. The van der Waals surface area contributed by atoms with Gasteiger partial charge in [0.05, 0.1) is 11.5 Å². The van der Waals surface area contributed by atoms with E-state index in [1.165, 1.54) is 6.07 Å². The quantitative estimate of drug-likeness (QED) is 0.782. The number of anilines is 1. The first kappa shape index (κ1) is 16.3. The molecule has 2 rings (SSSR count). The van der Waals surface area contributed by atoms with E-state index in [0.29, 0.717) is 24.8 Å². The number of benzene rings is 1. The van der Waals surface area contributed by atoms with Crippen LogP contribution in [-0.4, -0.2) is 39.0 Å². The summed E-state index contributed by atoms with van der Waals surface area (Å²) in [7, 11) is -1.97. The van der Waals surface area contributed by atoms with Crippen molar-refractivity contribution in [2.45, 2.75) is 37.6 Å². The summed E-state index contributed by atoms with van der Waals surface area (Å²) in [6.07, 6.45) is 2.19. The zero-order chi connectivity index (χ0) is 15.6. The summed E-state index contributed by atoms with van der Waals surface area (Å²) in [5.74, 6) is 0.457. The van der Waals surface area contributed by atoms with Crippen LogP contribution in [0.15, 0.2) is 23.1 Å². The van der Waals surface area contributed by atoms with Crippen LogP contribution in [0.25, 0.3) is 0 Å². The number of sulfonamides is 1. The summed E-state index contributed by atoms with van der Waals surface area (Å²) in [5.41, 5.74) is 7.12. The van der Waals surface area contributed by atoms with Crippen LogP contribution in [0.1, 0.15) is 25.3 Å². The van der Waals surface area contributed by atoms with Gasteiger partial charge in [-0.15, -0.1) is 0 Å². The first-order valence-corrected chi connectivity index (χ1v) is 8.68. The van der Waals surface area contributed by atoms with Gasteiger partial charge >= 0.3 is 0 Å². The highest BCUT2D eigenvalue weighted by Gasteiger charge is 2.38. The molecule has 0 bridgehead atoms. The Balaban J connectivity index is 2.35. The number of nitrogens with two attached hydrogens (primary N) is 1. The van der Waals surface area contributed by atoms with E-state index in [1.807, 2.05) is 13.8 Å². The Hall–Kier alpha value is -1.11. The molecule has 1 unspecified atom stereocenters. The molecular weight excluding hydrogens is 288 g/mol. The van der Waals surface area contributed by atoms with E-state index >= 15 is 0 Å². The van der Waals surface area contributed by atoms with Gasteiger partial charge in [0, 0.05) is 25.4 Å². The van der Waals surface area contributed by atoms with Crippen LogP contribution in [0, 0.1) is 12.8 Å². The predicted octanol–water partition coefficient (Wildman–Crippen LogP) is 2.01. The van der Waals surface area contributed by atoms with Gasteiger partial charge in [0.2, 0.25) is 10.0 Å². The number of ether oxygens (including phenoxy) is 1. The minimum absolute atomic E-state index is 0.00751. The third-order valence-corrected chi connectivity index (χ3v) is 5.92. The summed E-state index contributed by atoms with van der Waals surface area (Å²) < 4.78 is 32.5. The highest BCUT2D eigenvalue weighted by molar-refractivity contribution is 7.89. The molecule has 1 fully saturated rings. The third-order valence-electron chi connectivity index (χ3n) is 3.95. The smallest absolute Gasteiger partial charge is 0.243 e. The molecule has 1 aromatic carbocycles. The number of nitrogen functional groups attached to an aromatic ring is 1. The lowest BCUT2D eigenvalue weighted by Gasteiger charge is -2.28. The van der Waals surface area contributed by atoms with E-state index < -0.39 is 10.0 Å². The Bertz CT molecular complexity index is 577. The van der Waals surface area contributed by atoms with Crippen molar-refractivity contribution >= 4 is 15.7 Å². The second-order valence-electron chi connectivity index (χ2n) is 5.77. The summed E-state index contributed by atoms with van der Waals surface area (Å²) >= 11 is 0. The number of hydrogen-bond acceptors (Lipinski definition) is 4. The lowest BCUT2D eigenvalue weighted by molar-refractivity contribution is 0.164. The fraction of sp³-hybridized carbons (Fsp3) is 0.600. The Kier molecular flexibility index (Phi) is 4.91. The van der Waals surface area contributed by atoms with E-state index in [-0.39, 0.29) is 10.9 Å². The van der Waals surface area contributed by atoms with Crippen molar-refractivity contribution in [3.63, 3.8) is 0 Å². The minimum Gasteiger partial charge on any atom is -0.399 e. The standard InChI is InChI=1S/C15H24N2O3S/c1-11-8-14(16)10-15(9-11)21(18,19)17(6-7-20-3)12(2)13-4-5-13/h8-10,12-13H,4-7,16H2,1-3H3. The average molecular weight is 312 g/mol. The predicted molar refractivity (Wildman–Crippen MR) is 83.5 cm³/mol. The maximum atomic E-state index is 12.9. The molecule has 0 radical (unpaired) electrons. The normalized spacial score (nSPS) is 17.1. The number of aryl methyl sites for hydroxylation is 1. The number of hydrogen-bond donors (Lipinski definition) is 1. The molecule has 2 N–H and O–H groups in total. The second-order valence-corrected chi connectivity index (χ2v) is 7.66. The SMILES string of the molecule is COCCN(C(C)C1CC1)S(=O)(=O)c1cc(C)cc(N)c1. The third kappa shape index (κ3) is 3.75. The van der Waals surface area contributed by atoms with Crippen molar-refractivity contribution in [2.75, 3.05) is 26.0 Å². The maximum Gasteiger partial charge on any atom is 0.243 e. The second kappa shape index (κ2) is 6.34. The first-order chi connectivity index (χ1) is 9.86. The molecule has 21 heavy (non-hydrogen) atoms. The first-order valence-electron chi connectivity index (χ1n) is 7.24. The fourth-order valence-electron chi connectivity index (χ4n) is 2.60. The summed E-state index contributed by atoms with van der Waals surface area (Å²) in [4.78, 5) is 0.267. The summed E-state index contributed by atoms with van der Waals surface area (Å²) in [6.45, 7) is 4.57. The molecule has 1 aromatic rings. The molecule has 1 atom stereocenters. The van der Waals surface area contributed by atoms with Gasteiger partial charge in [-0.3, -0.25) is 0 Å². The van der Waals surface area contributed by atoms with Crippen LogP contribution in [0.4, 0.5) is 5.69 Å². The molecular formula is C15H24N2O3S. The van der Waals surface area contributed by atoms with Gasteiger partial charge in [-0.2, -0.15) is 4.31 Å². The average Bonchev–Trinajstić information content (AvgIpc) is 3.21. The topological polar surface area (TPSA) is 72.6 Å². The Morgan fingerprint density at radius 1 is 1.38 bits per heavy atom. The molecule has 0 spiro atoms. The van der Waals surface area contributed by atoms with Crippen LogP contribution in [-0.2, 0) is 14.8 Å². The molecule has 1 aliphatic carbocycles. The van der Waals surface area contributed by atoms with Crippen molar-refractivity contribution in [1.29, 1.82) is 0 Å². The molecule has 5 nitrogen and oxygen atoms in total. The molecule has 1 aliphatic rings. The van der Waals surface area contributed by atoms with E-state index in [0.717, 1.165) is 18.4 Å². The highest BCUT2D eigenvalue weighted by Crippen LogP contribution is 2.37. The maximum absolute atomic E-state index is 12.9. The molecule has 0 aromatic heterocycles. The lowest BCUT2D eigenvalue weighted by atomic mass is 10.2. The lowest BCUT2D eigenvalue weighted by Crippen LogP contribution is -2.41. The molecule has 0 amide bonds. The monoisotopic (exact) mass is 312 g/mol. The number of nitrogens with zero attached hydrogens (tertiary/aromatic N) is 1. The Morgan fingerprint density at radius 3 is 2.57 bits per heavy atom. The van der Waals surface area contributed by atoms with E-state index in [2.05, 4.69) is 0 Å². The molecule has 0 heterocycles. The van der Waals surface area contributed by atoms with E-state index in [9.17, 15) is 8.42 Å². The highest BCUT2D eigenvalue weighted by atomic mass is 32.2. The number of rotatable bonds is 7. The minimum atomic E-state index is -3.55. The summed E-state index contributed by atoms with van der Waals surface area (Å²) in [6, 6.07) is 4.96. The van der Waals surface area contributed by atoms with Gasteiger partial charge in [0.15, 0.2) is 0 Å². The summed E-state index contributed by atoms with van der Waals surface area (Å²) in [5, 5.41) is 0. The Labute approximate surface area is 127 Å². The molecule has 0 aliphatic heterocycles. The van der Waals surface area contributed by atoms with E-state index in [4.69, 9.17) is 10.5 Å². The van der Waals surface area contributed by atoms with Gasteiger partial charge in [-0.1, -0.05) is 0 Å². The van der Waals surface area contributed by atoms with Crippen LogP contribution >= 0.6 is 0 Å². The van der Waals surface area contributed by atoms with Crippen molar-refractivity contribution < 1.29 is 13.2 Å². The van der Waals surface area contributed by atoms with Crippen molar-refractivity contribution in [3.05, 3.63) is 23.8 Å². The van der Waals surface area contributed by atoms with Gasteiger partial charge in [0.1, 0.15) is 0 Å². The molecule has 6 heteroatoms. The number of methoxy groups -OCH3 is 1. The van der Waals surface area contributed by atoms with Crippen LogP contribution in [0.2, 0.25) is 0 Å². The van der Waals surface area contributed by atoms with Gasteiger partial charge in [-0.25, -0.2) is 8.42 Å². The van der Waals surface area contributed by atoms with Gasteiger partial charge < -0.3 is 10.5 Å². The van der Waals surface area contributed by atoms with Crippen molar-refractivity contribution in [2.24, 2.45) is 5.92 Å². The zero-order valence-electron chi connectivity index (χ0n) is 12.9. The van der Waals surface area contributed by atoms with E-state index in [1.54, 1.807) is 23.5 Å².